The first kappa shape index (κ1) is 11.2. The van der Waals surface area contributed by atoms with Gasteiger partial charge in [-0.1, -0.05) is 17.4 Å². The van der Waals surface area contributed by atoms with Crippen LogP contribution < -0.4 is 5.32 Å². The highest BCUT2D eigenvalue weighted by Gasteiger charge is 2.12. The molecule has 0 amide bonds. The fourth-order valence-electron chi connectivity index (χ4n) is 2.00. The number of anilines is 1. The largest absolute Gasteiger partial charge is 0.365 e. The second-order valence-electron chi connectivity index (χ2n) is 4.23. The summed E-state index contributed by atoms with van der Waals surface area (Å²) in [6.07, 6.45) is 4.08. The smallest absolute Gasteiger partial charge is 0.183 e. The van der Waals surface area contributed by atoms with Crippen LogP contribution in [0.15, 0.2) is 24.5 Å². The molecule has 0 bridgehead atoms. The van der Waals surface area contributed by atoms with E-state index in [0.717, 1.165) is 27.0 Å². The number of imidazole rings is 1. The zero-order valence-corrected chi connectivity index (χ0v) is 11.4. The summed E-state index contributed by atoms with van der Waals surface area (Å²) in [4.78, 5) is 10.3. The number of nitrogens with zero attached hydrogens (tertiary/aromatic N) is 3. The fourth-order valence-corrected chi connectivity index (χ4v) is 2.88. The zero-order valence-electron chi connectivity index (χ0n) is 10.6. The van der Waals surface area contributed by atoms with Gasteiger partial charge in [0, 0.05) is 19.4 Å². The van der Waals surface area contributed by atoms with E-state index >= 15 is 0 Å². The summed E-state index contributed by atoms with van der Waals surface area (Å²) >= 11 is 1.64. The number of pyridine rings is 1. The molecule has 3 aromatic heterocycles. The second-order valence-corrected chi connectivity index (χ2v) is 5.23. The van der Waals surface area contributed by atoms with Crippen LogP contribution >= 0.6 is 11.3 Å². The fraction of sp³-hybridized carbons (Fsp3) is 0.231. The summed E-state index contributed by atoms with van der Waals surface area (Å²) in [6.45, 7) is 4.09. The van der Waals surface area contributed by atoms with Crippen LogP contribution in [0, 0.1) is 13.8 Å². The van der Waals surface area contributed by atoms with E-state index in [1.54, 1.807) is 11.3 Å². The van der Waals surface area contributed by atoms with E-state index in [0.29, 0.717) is 0 Å². The molecule has 0 unspecified atom stereocenters. The van der Waals surface area contributed by atoms with Gasteiger partial charge in [-0.3, -0.25) is 0 Å². The Labute approximate surface area is 109 Å². The van der Waals surface area contributed by atoms with E-state index in [2.05, 4.69) is 33.9 Å². The topological polar surface area (TPSA) is 42.2 Å². The first-order chi connectivity index (χ1) is 8.69. The molecule has 3 aromatic rings. The van der Waals surface area contributed by atoms with Crippen molar-refractivity contribution in [2.45, 2.75) is 13.8 Å². The number of fused-ring (bicyclic) bond motifs is 1. The van der Waals surface area contributed by atoms with E-state index in [-0.39, 0.29) is 0 Å². The predicted molar refractivity (Wildman–Crippen MR) is 75.3 cm³/mol. The Hall–Kier alpha value is -1.88. The molecule has 4 nitrogen and oxygen atoms in total. The van der Waals surface area contributed by atoms with Gasteiger partial charge in [0.2, 0.25) is 0 Å². The van der Waals surface area contributed by atoms with Crippen molar-refractivity contribution in [3.05, 3.63) is 35.8 Å². The van der Waals surface area contributed by atoms with Gasteiger partial charge in [0.15, 0.2) is 5.13 Å². The number of aromatic nitrogens is 3. The molecular weight excluding hydrogens is 244 g/mol. The minimum atomic E-state index is 0.927. The Morgan fingerprint density at radius 3 is 2.78 bits per heavy atom. The molecule has 18 heavy (non-hydrogen) atoms. The molecule has 0 spiro atoms. The van der Waals surface area contributed by atoms with Gasteiger partial charge in [0.05, 0.1) is 10.6 Å². The lowest BCUT2D eigenvalue weighted by atomic mass is 10.3. The second kappa shape index (κ2) is 4.10. The summed E-state index contributed by atoms with van der Waals surface area (Å²) in [6, 6.07) is 4.11. The summed E-state index contributed by atoms with van der Waals surface area (Å²) in [5, 5.41) is 4.00. The van der Waals surface area contributed by atoms with Gasteiger partial charge in [-0.05, 0) is 25.5 Å². The first-order valence-electron chi connectivity index (χ1n) is 5.79. The summed E-state index contributed by atoms with van der Waals surface area (Å²) in [5.74, 6) is 0. The van der Waals surface area contributed by atoms with E-state index in [9.17, 15) is 0 Å². The molecule has 0 radical (unpaired) electrons. The molecule has 0 aliphatic heterocycles. The monoisotopic (exact) mass is 258 g/mol. The molecule has 0 aromatic carbocycles. The van der Waals surface area contributed by atoms with Gasteiger partial charge in [-0.25, -0.2) is 9.97 Å². The van der Waals surface area contributed by atoms with Crippen molar-refractivity contribution >= 4 is 22.1 Å². The first-order valence-corrected chi connectivity index (χ1v) is 6.60. The van der Waals surface area contributed by atoms with Crippen LogP contribution in [0.2, 0.25) is 0 Å². The van der Waals surface area contributed by atoms with Crippen LogP contribution in [-0.2, 0) is 0 Å². The van der Waals surface area contributed by atoms with Crippen molar-refractivity contribution in [3.63, 3.8) is 0 Å². The van der Waals surface area contributed by atoms with Gasteiger partial charge < -0.3 is 9.72 Å². The lowest BCUT2D eigenvalue weighted by Gasteiger charge is -1.93. The Morgan fingerprint density at radius 1 is 1.28 bits per heavy atom. The maximum Gasteiger partial charge on any atom is 0.183 e. The lowest BCUT2D eigenvalue weighted by Crippen LogP contribution is -1.84. The van der Waals surface area contributed by atoms with E-state index in [1.807, 2.05) is 26.2 Å². The SMILES string of the molecule is CNc1nc(C)c(-c2cn3cccc(C)c3n2)s1. The normalized spacial score (nSPS) is 11.1. The van der Waals surface area contributed by atoms with Crippen LogP contribution in [0.1, 0.15) is 11.3 Å². The van der Waals surface area contributed by atoms with Crippen LogP contribution in [0.4, 0.5) is 5.13 Å². The van der Waals surface area contributed by atoms with Crippen molar-refractivity contribution in [1.82, 2.24) is 14.4 Å². The number of nitrogens with one attached hydrogen (secondary N) is 1. The molecule has 1 N–H and O–H groups in total. The Morgan fingerprint density at radius 2 is 2.11 bits per heavy atom. The van der Waals surface area contributed by atoms with Crippen LogP contribution in [0.25, 0.3) is 16.2 Å². The summed E-state index contributed by atoms with van der Waals surface area (Å²) < 4.78 is 2.06. The number of thiazole rings is 1. The molecule has 0 atom stereocenters. The van der Waals surface area contributed by atoms with Gasteiger partial charge in [-0.2, -0.15) is 0 Å². The van der Waals surface area contributed by atoms with Crippen molar-refractivity contribution < 1.29 is 0 Å². The number of hydrogen-bond acceptors (Lipinski definition) is 4. The Kier molecular flexibility index (Phi) is 2.56. The Bertz CT molecular complexity index is 711. The number of aryl methyl sites for hydroxylation is 2. The van der Waals surface area contributed by atoms with Gasteiger partial charge >= 0.3 is 0 Å². The van der Waals surface area contributed by atoms with E-state index in [1.165, 1.54) is 5.56 Å². The van der Waals surface area contributed by atoms with Crippen molar-refractivity contribution in [3.8, 4) is 10.6 Å². The summed E-state index contributed by atoms with van der Waals surface area (Å²) in [5.41, 5.74) is 4.19. The number of hydrogen-bond donors (Lipinski definition) is 1. The van der Waals surface area contributed by atoms with Crippen molar-refractivity contribution in [2.75, 3.05) is 12.4 Å². The number of rotatable bonds is 2. The third-order valence-corrected chi connectivity index (χ3v) is 4.12. The average Bonchev–Trinajstić information content (AvgIpc) is 2.93. The van der Waals surface area contributed by atoms with Crippen molar-refractivity contribution in [2.24, 2.45) is 0 Å². The molecule has 5 heteroatoms. The highest BCUT2D eigenvalue weighted by atomic mass is 32.1. The molecule has 0 saturated carbocycles. The Balaban J connectivity index is 2.19. The van der Waals surface area contributed by atoms with E-state index in [4.69, 9.17) is 4.98 Å². The summed E-state index contributed by atoms with van der Waals surface area (Å²) in [7, 11) is 1.88. The van der Waals surface area contributed by atoms with Crippen LogP contribution in [0.3, 0.4) is 0 Å². The van der Waals surface area contributed by atoms with Crippen molar-refractivity contribution in [1.29, 1.82) is 0 Å². The quantitative estimate of drug-likeness (QED) is 0.768. The van der Waals surface area contributed by atoms with E-state index < -0.39 is 0 Å². The minimum absolute atomic E-state index is 0.927. The average molecular weight is 258 g/mol. The highest BCUT2D eigenvalue weighted by molar-refractivity contribution is 7.19. The maximum absolute atomic E-state index is 4.70. The van der Waals surface area contributed by atoms with Gasteiger partial charge in [0.1, 0.15) is 11.3 Å². The molecule has 0 saturated heterocycles. The predicted octanol–water partition coefficient (Wildman–Crippen LogP) is 3.12. The molecular formula is C13H14N4S. The zero-order chi connectivity index (χ0) is 12.7. The van der Waals surface area contributed by atoms with Gasteiger partial charge in [-0.15, -0.1) is 0 Å². The molecule has 3 rings (SSSR count). The van der Waals surface area contributed by atoms with Crippen LogP contribution in [0.5, 0.6) is 0 Å². The minimum Gasteiger partial charge on any atom is -0.365 e. The molecule has 3 heterocycles. The molecule has 0 fully saturated rings. The highest BCUT2D eigenvalue weighted by Crippen LogP contribution is 2.32. The lowest BCUT2D eigenvalue weighted by molar-refractivity contribution is 1.16. The third kappa shape index (κ3) is 1.67. The third-order valence-electron chi connectivity index (χ3n) is 2.92. The maximum atomic E-state index is 4.70. The molecule has 0 aliphatic rings. The molecule has 0 aliphatic carbocycles. The molecule has 92 valence electrons. The standard InChI is InChI=1S/C13H14N4S/c1-8-5-4-6-17-7-10(16-12(8)17)11-9(2)15-13(14-3)18-11/h4-7H,1-3H3,(H,14,15). The van der Waals surface area contributed by atoms with Crippen LogP contribution in [-0.4, -0.2) is 21.4 Å². The van der Waals surface area contributed by atoms with Gasteiger partial charge in [0.25, 0.3) is 0 Å².